The third-order valence-electron chi connectivity index (χ3n) is 3.18. The normalized spacial score (nSPS) is 13.1. The van der Waals surface area contributed by atoms with Gasteiger partial charge in [-0.2, -0.15) is 0 Å². The average molecular weight is 317 g/mol. The fourth-order valence-corrected chi connectivity index (χ4v) is 2.09. The van der Waals surface area contributed by atoms with E-state index in [2.05, 4.69) is 5.32 Å². The highest BCUT2D eigenvalue weighted by molar-refractivity contribution is 6.02. The molecule has 118 valence electrons. The number of ether oxygens (including phenoxy) is 2. The summed E-state index contributed by atoms with van der Waals surface area (Å²) in [6, 6.07) is 8.47. The molecule has 2 aromatic carbocycles. The number of carbonyl (C=O) groups is 1. The van der Waals surface area contributed by atoms with Gasteiger partial charge in [-0.1, -0.05) is 6.07 Å². The molecule has 0 aromatic heterocycles. The third kappa shape index (κ3) is 3.66. The number of hydrogen-bond donors (Lipinski definition) is 1. The van der Waals surface area contributed by atoms with Gasteiger partial charge in [0.2, 0.25) is 5.91 Å². The first-order valence-electron chi connectivity index (χ1n) is 6.95. The van der Waals surface area contributed by atoms with Crippen molar-refractivity contribution in [3.63, 3.8) is 0 Å². The zero-order valence-electron chi connectivity index (χ0n) is 12.0. The van der Waals surface area contributed by atoms with Crippen molar-refractivity contribution in [2.45, 2.75) is 0 Å². The Bertz CT molecular complexity index is 774. The molecule has 0 aliphatic carbocycles. The molecule has 1 amide bonds. The standard InChI is InChI=1S/C17H13F2NO3/c18-13-4-1-11(9-14(13)19)2-6-17(21)20-12-3-5-15-16(10-12)23-8-7-22-15/h1-6,9-10H,7-8H2,(H,20,21)/b6-2+. The SMILES string of the molecule is O=C(/C=C/c1ccc(F)c(F)c1)Nc1ccc2c(c1)OCCO2. The molecule has 1 heterocycles. The van der Waals surface area contributed by atoms with Crippen LogP contribution in [0.15, 0.2) is 42.5 Å². The highest BCUT2D eigenvalue weighted by atomic mass is 19.2. The van der Waals surface area contributed by atoms with E-state index in [-0.39, 0.29) is 0 Å². The lowest BCUT2D eigenvalue weighted by molar-refractivity contribution is -0.111. The van der Waals surface area contributed by atoms with Crippen LogP contribution >= 0.6 is 0 Å². The van der Waals surface area contributed by atoms with Gasteiger partial charge in [-0.15, -0.1) is 0 Å². The van der Waals surface area contributed by atoms with Crippen molar-refractivity contribution in [1.82, 2.24) is 0 Å². The highest BCUT2D eigenvalue weighted by Crippen LogP contribution is 2.32. The van der Waals surface area contributed by atoms with Gasteiger partial charge >= 0.3 is 0 Å². The van der Waals surface area contributed by atoms with Crippen LogP contribution in [0.2, 0.25) is 0 Å². The monoisotopic (exact) mass is 317 g/mol. The van der Waals surface area contributed by atoms with Crippen LogP contribution in [-0.4, -0.2) is 19.1 Å². The van der Waals surface area contributed by atoms with E-state index in [1.807, 2.05) is 0 Å². The van der Waals surface area contributed by atoms with Gasteiger partial charge in [0.15, 0.2) is 23.1 Å². The van der Waals surface area contributed by atoms with Crippen molar-refractivity contribution < 1.29 is 23.0 Å². The molecule has 4 nitrogen and oxygen atoms in total. The molecule has 0 radical (unpaired) electrons. The Hall–Kier alpha value is -2.89. The molecule has 3 rings (SSSR count). The van der Waals surface area contributed by atoms with Crippen LogP contribution in [0.25, 0.3) is 6.08 Å². The second-order valence-electron chi connectivity index (χ2n) is 4.85. The number of amides is 1. The summed E-state index contributed by atoms with van der Waals surface area (Å²) in [5, 5.41) is 2.66. The summed E-state index contributed by atoms with van der Waals surface area (Å²) in [6.45, 7) is 0.954. The van der Waals surface area contributed by atoms with Gasteiger partial charge in [0.1, 0.15) is 13.2 Å². The Kier molecular flexibility index (Phi) is 4.23. The molecule has 6 heteroatoms. The molecule has 0 saturated carbocycles. The van der Waals surface area contributed by atoms with Crippen molar-refractivity contribution in [2.75, 3.05) is 18.5 Å². The van der Waals surface area contributed by atoms with Crippen molar-refractivity contribution in [2.24, 2.45) is 0 Å². The van der Waals surface area contributed by atoms with Crippen molar-refractivity contribution >= 4 is 17.7 Å². The Morgan fingerprint density at radius 2 is 1.78 bits per heavy atom. The van der Waals surface area contributed by atoms with Gasteiger partial charge in [-0.05, 0) is 35.9 Å². The number of anilines is 1. The summed E-state index contributed by atoms with van der Waals surface area (Å²) in [7, 11) is 0. The minimum absolute atomic E-state index is 0.390. The summed E-state index contributed by atoms with van der Waals surface area (Å²) >= 11 is 0. The number of benzene rings is 2. The molecule has 0 fully saturated rings. The second kappa shape index (κ2) is 6.48. The Labute approximate surface area is 131 Å². The van der Waals surface area contributed by atoms with Crippen LogP contribution in [0.4, 0.5) is 14.5 Å². The minimum Gasteiger partial charge on any atom is -0.486 e. The maximum Gasteiger partial charge on any atom is 0.248 e. The lowest BCUT2D eigenvalue weighted by Gasteiger charge is -2.18. The number of rotatable bonds is 3. The van der Waals surface area contributed by atoms with Crippen LogP contribution in [-0.2, 0) is 4.79 Å². The number of hydrogen-bond acceptors (Lipinski definition) is 3. The molecule has 0 bridgehead atoms. The zero-order chi connectivity index (χ0) is 16.2. The molecule has 0 unspecified atom stereocenters. The first-order chi connectivity index (χ1) is 11.1. The maximum atomic E-state index is 13.1. The highest BCUT2D eigenvalue weighted by Gasteiger charge is 2.12. The van der Waals surface area contributed by atoms with E-state index in [4.69, 9.17) is 9.47 Å². The first kappa shape index (κ1) is 15.0. The minimum atomic E-state index is -0.959. The predicted octanol–water partition coefficient (Wildman–Crippen LogP) is 3.39. The number of nitrogens with one attached hydrogen (secondary N) is 1. The Balaban J connectivity index is 1.67. The zero-order valence-corrected chi connectivity index (χ0v) is 12.0. The first-order valence-corrected chi connectivity index (χ1v) is 6.95. The van der Waals surface area contributed by atoms with E-state index in [0.717, 1.165) is 12.1 Å². The largest absolute Gasteiger partial charge is 0.486 e. The quantitative estimate of drug-likeness (QED) is 0.883. The van der Waals surface area contributed by atoms with Crippen molar-refractivity contribution in [3.8, 4) is 11.5 Å². The van der Waals surface area contributed by atoms with E-state index in [0.29, 0.717) is 36.0 Å². The maximum absolute atomic E-state index is 13.1. The molecule has 0 saturated heterocycles. The van der Waals surface area contributed by atoms with E-state index in [1.165, 1.54) is 18.2 Å². The summed E-state index contributed by atoms with van der Waals surface area (Å²) in [4.78, 5) is 11.9. The summed E-state index contributed by atoms with van der Waals surface area (Å²) in [5.74, 6) is -1.08. The van der Waals surface area contributed by atoms with Gasteiger partial charge in [0.25, 0.3) is 0 Å². The number of fused-ring (bicyclic) bond motifs is 1. The molecule has 23 heavy (non-hydrogen) atoms. The molecule has 1 aliphatic heterocycles. The van der Waals surface area contributed by atoms with Gasteiger partial charge in [-0.25, -0.2) is 8.78 Å². The van der Waals surface area contributed by atoms with Gasteiger partial charge in [0, 0.05) is 17.8 Å². The summed E-state index contributed by atoms with van der Waals surface area (Å²) < 4.78 is 36.7. The lowest BCUT2D eigenvalue weighted by Crippen LogP contribution is -2.16. The smallest absolute Gasteiger partial charge is 0.248 e. The van der Waals surface area contributed by atoms with E-state index < -0.39 is 17.5 Å². The molecule has 0 spiro atoms. The Morgan fingerprint density at radius 1 is 1.00 bits per heavy atom. The molecular weight excluding hydrogens is 304 g/mol. The number of halogens is 2. The van der Waals surface area contributed by atoms with Gasteiger partial charge in [0.05, 0.1) is 0 Å². The molecule has 2 aromatic rings. The van der Waals surface area contributed by atoms with Crippen LogP contribution in [0.1, 0.15) is 5.56 Å². The van der Waals surface area contributed by atoms with Crippen LogP contribution in [0.3, 0.4) is 0 Å². The van der Waals surface area contributed by atoms with Crippen LogP contribution in [0.5, 0.6) is 11.5 Å². The Morgan fingerprint density at radius 3 is 2.57 bits per heavy atom. The van der Waals surface area contributed by atoms with E-state index in [9.17, 15) is 13.6 Å². The third-order valence-corrected chi connectivity index (χ3v) is 3.18. The van der Waals surface area contributed by atoms with Gasteiger partial charge in [-0.3, -0.25) is 4.79 Å². The lowest BCUT2D eigenvalue weighted by atomic mass is 10.2. The van der Waals surface area contributed by atoms with Crippen LogP contribution in [0, 0.1) is 11.6 Å². The molecule has 1 N–H and O–H groups in total. The topological polar surface area (TPSA) is 47.6 Å². The summed E-state index contributed by atoms with van der Waals surface area (Å²) in [5.41, 5.74) is 0.940. The van der Waals surface area contributed by atoms with E-state index >= 15 is 0 Å². The fourth-order valence-electron chi connectivity index (χ4n) is 2.09. The fraction of sp³-hybridized carbons (Fsp3) is 0.118. The molecule has 0 atom stereocenters. The van der Waals surface area contributed by atoms with Crippen LogP contribution < -0.4 is 14.8 Å². The molecular formula is C17H13F2NO3. The number of carbonyl (C=O) groups excluding carboxylic acids is 1. The average Bonchev–Trinajstić information content (AvgIpc) is 2.56. The van der Waals surface area contributed by atoms with E-state index in [1.54, 1.807) is 18.2 Å². The molecule has 1 aliphatic rings. The van der Waals surface area contributed by atoms with Gasteiger partial charge < -0.3 is 14.8 Å². The van der Waals surface area contributed by atoms with Crippen molar-refractivity contribution in [3.05, 3.63) is 59.7 Å². The van der Waals surface area contributed by atoms with Crippen molar-refractivity contribution in [1.29, 1.82) is 0 Å². The summed E-state index contributed by atoms with van der Waals surface area (Å²) in [6.07, 6.45) is 2.64. The second-order valence-corrected chi connectivity index (χ2v) is 4.85. The predicted molar refractivity (Wildman–Crippen MR) is 81.5 cm³/mol.